The Balaban J connectivity index is 1.37. The minimum atomic E-state index is -1.44. The number of nitrogens with one attached hydrogen (secondary N) is 1. The van der Waals surface area contributed by atoms with Gasteiger partial charge in [-0.05, 0) is 18.6 Å². The third-order valence-corrected chi connectivity index (χ3v) is 8.34. The van der Waals surface area contributed by atoms with Gasteiger partial charge in [-0.15, -0.1) is 27.7 Å². The van der Waals surface area contributed by atoms with Crippen LogP contribution in [0.15, 0.2) is 62.1 Å². The highest BCUT2D eigenvalue weighted by Gasteiger charge is 2.53. The van der Waals surface area contributed by atoms with Gasteiger partial charge in [0, 0.05) is 34.8 Å². The van der Waals surface area contributed by atoms with Crippen molar-refractivity contribution in [2.45, 2.75) is 24.8 Å². The van der Waals surface area contributed by atoms with Crippen LogP contribution >= 0.6 is 23.1 Å². The number of hydrogen-bond acceptors (Lipinski definition) is 11. The van der Waals surface area contributed by atoms with Crippen LogP contribution in [-0.2, 0) is 19.2 Å². The average molecular weight is 542 g/mol. The summed E-state index contributed by atoms with van der Waals surface area (Å²) >= 11 is 2.50. The lowest BCUT2D eigenvalue weighted by atomic mass is 9.97. The van der Waals surface area contributed by atoms with E-state index in [9.17, 15) is 19.5 Å². The van der Waals surface area contributed by atoms with Crippen LogP contribution in [0.3, 0.4) is 0 Å². The normalized spacial score (nSPS) is 26.6. The Hall–Kier alpha value is -3.75. The van der Waals surface area contributed by atoms with Crippen molar-refractivity contribution >= 4 is 57.9 Å². The molecule has 37 heavy (non-hydrogen) atoms. The first kappa shape index (κ1) is 24.9. The number of amides is 2. The van der Waals surface area contributed by atoms with Crippen molar-refractivity contribution in [1.82, 2.24) is 15.2 Å². The van der Waals surface area contributed by atoms with Gasteiger partial charge < -0.3 is 25.8 Å². The molecule has 5 heterocycles. The lowest BCUT2D eigenvalue weighted by molar-refractivity contribution is -0.822. The number of anilines is 1. The number of rotatable bonds is 7. The maximum atomic E-state index is 13.1. The zero-order chi connectivity index (χ0) is 26.5. The number of thiazole rings is 1. The highest BCUT2D eigenvalue weighted by atomic mass is 32.2. The van der Waals surface area contributed by atoms with Crippen LogP contribution in [0.25, 0.3) is 0 Å². The van der Waals surface area contributed by atoms with E-state index in [1.54, 1.807) is 11.6 Å². The predicted molar refractivity (Wildman–Crippen MR) is 136 cm³/mol. The van der Waals surface area contributed by atoms with Crippen LogP contribution in [-0.4, -0.2) is 75.5 Å². The van der Waals surface area contributed by atoms with Crippen molar-refractivity contribution in [3.8, 4) is 0 Å². The molecule has 1 aromatic rings. The lowest BCUT2D eigenvalue weighted by Gasteiger charge is -2.50. The van der Waals surface area contributed by atoms with Gasteiger partial charge in [0.1, 0.15) is 37.5 Å². The van der Waals surface area contributed by atoms with E-state index >= 15 is 0 Å². The molecule has 3 N–H and O–H groups in total. The third-order valence-electron chi connectivity index (χ3n) is 6.32. The Kier molecular flexibility index (Phi) is 6.25. The second kappa shape index (κ2) is 9.28. The van der Waals surface area contributed by atoms with E-state index in [1.807, 2.05) is 32.3 Å². The fourth-order valence-corrected chi connectivity index (χ4v) is 6.59. The Morgan fingerprint density at radius 1 is 1.41 bits per heavy atom. The van der Waals surface area contributed by atoms with Crippen molar-refractivity contribution in [1.29, 1.82) is 0 Å². The van der Waals surface area contributed by atoms with Gasteiger partial charge in [0.25, 0.3) is 11.8 Å². The monoisotopic (exact) mass is 541 g/mol. The second-order valence-corrected chi connectivity index (χ2v) is 10.9. The van der Waals surface area contributed by atoms with Crippen LogP contribution in [0.4, 0.5) is 5.13 Å². The van der Waals surface area contributed by atoms with E-state index in [4.69, 9.17) is 10.6 Å². The quantitative estimate of drug-likeness (QED) is 0.212. The average Bonchev–Trinajstić information content (AvgIpc) is 3.42. The number of oxime groups is 1. The van der Waals surface area contributed by atoms with Crippen LogP contribution < -0.4 is 16.2 Å². The molecule has 0 radical (unpaired) electrons. The highest BCUT2D eigenvalue weighted by Crippen LogP contribution is 2.43. The van der Waals surface area contributed by atoms with Crippen LogP contribution in [0.2, 0.25) is 0 Å². The van der Waals surface area contributed by atoms with Gasteiger partial charge in [-0.2, -0.15) is 0 Å². The lowest BCUT2D eigenvalue weighted by Crippen LogP contribution is -2.71. The smallest absolute Gasteiger partial charge is 0.276 e. The molecule has 4 aliphatic rings. The van der Waals surface area contributed by atoms with Gasteiger partial charge in [-0.1, -0.05) is 10.3 Å². The number of thioether (sulfide) groups is 1. The molecule has 0 bridgehead atoms. The number of nitrogens with zero attached hydrogens (tertiary/aromatic N) is 5. The molecule has 5 rings (SSSR count). The highest BCUT2D eigenvalue weighted by molar-refractivity contribution is 8.00. The fraction of sp³-hybridized carbons (Fsp3) is 0.304. The molecule has 14 heteroatoms. The standard InChI is InChI=1S/C23H23N7O5S2/c1-11-4-5-15-12(7-25-30(15,2)8-11)6-13-9-36-21-17(20(32)29(21)18(13)22(33)34)27-19(31)16(28-35-3)14-10-37-23(24)26-14/h4-5,7-8,10,17,21H,6,9H2,1-3H3,(H3-,24,26,27,31,33,34)/b28-16-/t17-,21+,30?/m1/s1. The van der Waals surface area contributed by atoms with Gasteiger partial charge in [-0.3, -0.25) is 14.5 Å². The van der Waals surface area contributed by atoms with Crippen molar-refractivity contribution in [2.75, 3.05) is 25.6 Å². The number of quaternary nitrogens is 1. The van der Waals surface area contributed by atoms with Gasteiger partial charge in [0.2, 0.25) is 0 Å². The number of carbonyl (C=O) groups is 3. The van der Waals surface area contributed by atoms with Gasteiger partial charge in [0.15, 0.2) is 16.5 Å². The summed E-state index contributed by atoms with van der Waals surface area (Å²) in [7, 11) is 3.22. The summed E-state index contributed by atoms with van der Waals surface area (Å²) in [5, 5.41) is 24.3. The molecule has 3 atom stereocenters. The topological polar surface area (TPSA) is 162 Å². The first-order chi connectivity index (χ1) is 17.6. The Morgan fingerprint density at radius 3 is 2.86 bits per heavy atom. The van der Waals surface area contributed by atoms with Crippen LogP contribution in [0.1, 0.15) is 19.0 Å². The van der Waals surface area contributed by atoms with Crippen molar-refractivity contribution in [3.63, 3.8) is 0 Å². The second-order valence-electron chi connectivity index (χ2n) is 8.86. The Bertz CT molecular complexity index is 1410. The zero-order valence-electron chi connectivity index (χ0n) is 20.1. The SMILES string of the molecule is CO/N=C(\C(=O)N[C@@H]1C(=O)N2C(C(=O)[O-])=C(CC3=C4C=CC(C)=C[N+]4(C)N=C3)CS[C@@H]12)c1csc(N)n1. The number of carboxylic acid groups (broad SMARTS) is 1. The molecular weight excluding hydrogens is 518 g/mol. The molecule has 1 aromatic heterocycles. The number of carbonyl (C=O) groups excluding carboxylic acids is 3. The number of hydrogen-bond donors (Lipinski definition) is 2. The van der Waals surface area contributed by atoms with E-state index in [0.717, 1.165) is 28.2 Å². The fourth-order valence-electron chi connectivity index (χ4n) is 4.69. The van der Waals surface area contributed by atoms with Crippen molar-refractivity contribution < 1.29 is 28.9 Å². The molecule has 0 aromatic carbocycles. The van der Waals surface area contributed by atoms with E-state index in [-0.39, 0.29) is 26.8 Å². The Labute approximate surface area is 220 Å². The van der Waals surface area contributed by atoms with Gasteiger partial charge in [-0.25, -0.2) is 4.98 Å². The molecule has 4 aliphatic heterocycles. The molecule has 1 saturated heterocycles. The molecule has 192 valence electrons. The number of β-lactam (4-membered cyclic amide) rings is 1. The summed E-state index contributed by atoms with van der Waals surface area (Å²) in [4.78, 5) is 48.2. The molecule has 0 spiro atoms. The maximum absolute atomic E-state index is 13.1. The summed E-state index contributed by atoms with van der Waals surface area (Å²) in [6, 6.07) is -0.948. The van der Waals surface area contributed by atoms with E-state index in [2.05, 4.69) is 20.6 Å². The minimum absolute atomic E-state index is 0.140. The predicted octanol–water partition coefficient (Wildman–Crippen LogP) is 0.0435. The van der Waals surface area contributed by atoms with Gasteiger partial charge in [0.05, 0.1) is 17.9 Å². The zero-order valence-corrected chi connectivity index (χ0v) is 21.8. The summed E-state index contributed by atoms with van der Waals surface area (Å²) in [5.74, 6) is -2.33. The van der Waals surface area contributed by atoms with E-state index in [0.29, 0.717) is 17.7 Å². The molecule has 12 nitrogen and oxygen atoms in total. The molecule has 2 amide bonds. The number of aliphatic carboxylic acids is 1. The summed E-state index contributed by atoms with van der Waals surface area (Å²) in [5.41, 5.74) is 9.01. The third kappa shape index (κ3) is 4.26. The summed E-state index contributed by atoms with van der Waals surface area (Å²) in [6.45, 7) is 1.99. The van der Waals surface area contributed by atoms with Crippen molar-refractivity contribution in [2.24, 2.45) is 10.3 Å². The minimum Gasteiger partial charge on any atom is -0.543 e. The largest absolute Gasteiger partial charge is 0.543 e. The van der Waals surface area contributed by atoms with E-state index in [1.165, 1.54) is 23.8 Å². The molecule has 0 aliphatic carbocycles. The first-order valence-electron chi connectivity index (χ1n) is 11.2. The van der Waals surface area contributed by atoms with Gasteiger partial charge >= 0.3 is 0 Å². The Morgan fingerprint density at radius 2 is 2.19 bits per heavy atom. The molecular formula is C23H23N7O5S2. The number of nitrogens with two attached hydrogens (primary N) is 1. The van der Waals surface area contributed by atoms with Crippen LogP contribution in [0, 0.1) is 0 Å². The first-order valence-corrected chi connectivity index (χ1v) is 13.1. The molecule has 0 saturated carbocycles. The number of allylic oxidation sites excluding steroid dienone is 4. The summed E-state index contributed by atoms with van der Waals surface area (Å²) in [6.07, 6.45) is 8.02. The number of aromatic nitrogens is 1. The number of nitrogen functional groups attached to an aromatic ring is 1. The summed E-state index contributed by atoms with van der Waals surface area (Å²) < 4.78 is 0.258. The van der Waals surface area contributed by atoms with Crippen molar-refractivity contribution in [3.05, 3.63) is 57.5 Å². The molecule has 1 unspecified atom stereocenters. The number of likely N-dealkylation sites (N-methyl/N-ethyl adjacent to an activating group) is 1. The number of fused-ring (bicyclic) bond motifs is 2. The molecule has 1 fully saturated rings. The number of carboxylic acids is 1. The van der Waals surface area contributed by atoms with E-state index < -0.39 is 29.2 Å². The van der Waals surface area contributed by atoms with Crippen LogP contribution in [0.5, 0.6) is 0 Å². The maximum Gasteiger partial charge on any atom is 0.276 e.